The van der Waals surface area contributed by atoms with E-state index >= 15 is 0 Å². The molecule has 0 aliphatic heterocycles. The summed E-state index contributed by atoms with van der Waals surface area (Å²) in [5.41, 5.74) is 6.80. The Morgan fingerprint density at radius 2 is 1.90 bits per heavy atom. The van der Waals surface area contributed by atoms with Crippen molar-refractivity contribution >= 4 is 34.7 Å². The highest BCUT2D eigenvalue weighted by molar-refractivity contribution is 5.93. The molecule has 1 amide bonds. The summed E-state index contributed by atoms with van der Waals surface area (Å²) in [5, 5.41) is 12.6. The van der Waals surface area contributed by atoms with Crippen molar-refractivity contribution in [2.24, 2.45) is 17.6 Å². The number of nitrogens with two attached hydrogens (primary N) is 1. The third-order valence-electron chi connectivity index (χ3n) is 4.63. The van der Waals surface area contributed by atoms with E-state index in [2.05, 4.69) is 10.3 Å². The first-order valence-corrected chi connectivity index (χ1v) is 9.73. The highest BCUT2D eigenvalue weighted by atomic mass is 16.6. The van der Waals surface area contributed by atoms with Crippen LogP contribution in [0, 0.1) is 11.8 Å². The minimum Gasteiger partial charge on any atom is -0.481 e. The van der Waals surface area contributed by atoms with Crippen molar-refractivity contribution in [1.82, 2.24) is 10.3 Å². The smallest absolute Gasteiger partial charge is 0.336 e. The first kappa shape index (κ1) is 23.1. The molecule has 9 nitrogen and oxygen atoms in total. The maximum Gasteiger partial charge on any atom is 0.336 e. The highest BCUT2D eigenvalue weighted by Crippen LogP contribution is 2.21. The monoisotopic (exact) mass is 417 g/mol. The number of hydrogen-bond acceptors (Lipinski definition) is 6. The second-order valence-corrected chi connectivity index (χ2v) is 7.55. The number of benzene rings is 1. The van der Waals surface area contributed by atoms with Gasteiger partial charge in [-0.3, -0.25) is 14.4 Å². The number of rotatable bonds is 10. The van der Waals surface area contributed by atoms with E-state index in [4.69, 9.17) is 15.6 Å². The maximum atomic E-state index is 12.8. The fourth-order valence-corrected chi connectivity index (χ4v) is 3.29. The minimum atomic E-state index is -1.17. The number of esters is 2. The van der Waals surface area contributed by atoms with Crippen molar-refractivity contribution in [2.45, 2.75) is 39.2 Å². The Morgan fingerprint density at radius 3 is 2.53 bits per heavy atom. The summed E-state index contributed by atoms with van der Waals surface area (Å²) in [6.45, 7) is 3.27. The van der Waals surface area contributed by atoms with Crippen LogP contribution in [0.1, 0.15) is 32.3 Å². The number of aromatic amines is 1. The SMILES string of the molecule is CC(C)CC(CC(=O)O)C(=O)N[C@@H](Cc1c[nH]c2ccccc12)C(=O)OC(=O)CN. The lowest BCUT2D eigenvalue weighted by atomic mass is 9.92. The van der Waals surface area contributed by atoms with Crippen molar-refractivity contribution in [3.63, 3.8) is 0 Å². The Bertz CT molecular complexity index is 920. The summed E-state index contributed by atoms with van der Waals surface area (Å²) in [7, 11) is 0. The summed E-state index contributed by atoms with van der Waals surface area (Å²) < 4.78 is 4.72. The molecule has 0 saturated carbocycles. The Balaban J connectivity index is 2.25. The molecule has 5 N–H and O–H groups in total. The van der Waals surface area contributed by atoms with Gasteiger partial charge in [-0.2, -0.15) is 0 Å². The average molecular weight is 417 g/mol. The lowest BCUT2D eigenvalue weighted by Crippen LogP contribution is -2.47. The molecule has 30 heavy (non-hydrogen) atoms. The third-order valence-corrected chi connectivity index (χ3v) is 4.63. The summed E-state index contributed by atoms with van der Waals surface area (Å²) in [6, 6.07) is 6.26. The molecular formula is C21H27N3O6. The van der Waals surface area contributed by atoms with Crippen molar-refractivity contribution < 1.29 is 29.0 Å². The van der Waals surface area contributed by atoms with Gasteiger partial charge in [0.05, 0.1) is 13.0 Å². The third kappa shape index (κ3) is 6.41. The van der Waals surface area contributed by atoms with Crippen LogP contribution in [-0.4, -0.2) is 46.5 Å². The van der Waals surface area contributed by atoms with Gasteiger partial charge in [0.1, 0.15) is 6.04 Å². The number of para-hydroxylation sites is 1. The topological polar surface area (TPSA) is 152 Å². The van der Waals surface area contributed by atoms with Crippen molar-refractivity contribution in [1.29, 1.82) is 0 Å². The molecule has 9 heteroatoms. The Labute approximate surface area is 174 Å². The van der Waals surface area contributed by atoms with Gasteiger partial charge in [0.25, 0.3) is 0 Å². The van der Waals surface area contributed by atoms with E-state index in [9.17, 15) is 19.2 Å². The molecule has 162 valence electrons. The lowest BCUT2D eigenvalue weighted by molar-refractivity contribution is -0.161. The molecule has 0 radical (unpaired) electrons. The summed E-state index contributed by atoms with van der Waals surface area (Å²) in [6.07, 6.45) is 1.76. The molecule has 1 aromatic carbocycles. The molecule has 2 atom stereocenters. The van der Waals surface area contributed by atoms with Gasteiger partial charge in [-0.05, 0) is 24.0 Å². The van der Waals surface area contributed by atoms with E-state index in [0.717, 1.165) is 16.5 Å². The van der Waals surface area contributed by atoms with Crippen LogP contribution in [0.5, 0.6) is 0 Å². The van der Waals surface area contributed by atoms with E-state index in [1.807, 2.05) is 38.1 Å². The minimum absolute atomic E-state index is 0.0634. The fraction of sp³-hybridized carbons (Fsp3) is 0.429. The van der Waals surface area contributed by atoms with Crippen LogP contribution in [0.2, 0.25) is 0 Å². The Kier molecular flexibility index (Phi) is 8.11. The van der Waals surface area contributed by atoms with Gasteiger partial charge in [-0.25, -0.2) is 4.79 Å². The van der Waals surface area contributed by atoms with E-state index in [1.165, 1.54) is 0 Å². The van der Waals surface area contributed by atoms with Crippen LogP contribution in [0.3, 0.4) is 0 Å². The maximum absolute atomic E-state index is 12.8. The van der Waals surface area contributed by atoms with Gasteiger partial charge in [0, 0.05) is 29.4 Å². The normalized spacial score (nSPS) is 13.1. The van der Waals surface area contributed by atoms with Crippen molar-refractivity contribution in [2.75, 3.05) is 6.54 Å². The quantitative estimate of drug-likeness (QED) is 0.336. The number of aromatic nitrogens is 1. The van der Waals surface area contributed by atoms with E-state index < -0.39 is 42.3 Å². The number of carbonyl (C=O) groups excluding carboxylic acids is 3. The molecule has 0 fully saturated rings. The largest absolute Gasteiger partial charge is 0.481 e. The number of hydrogen-bond donors (Lipinski definition) is 4. The van der Waals surface area contributed by atoms with Crippen LogP contribution in [0.4, 0.5) is 0 Å². The van der Waals surface area contributed by atoms with Gasteiger partial charge >= 0.3 is 17.9 Å². The standard InChI is InChI=1S/C21H27N3O6/c1-12(2)7-13(9-18(25)26)20(28)24-17(21(29)30-19(27)10-22)8-14-11-23-16-6-4-3-5-15(14)16/h3-6,11-13,17,23H,7-10,22H2,1-2H3,(H,24,28)(H,25,26)/t13?,17-/m0/s1. The molecule has 2 rings (SSSR count). The molecule has 0 aliphatic rings. The van der Waals surface area contributed by atoms with Crippen LogP contribution in [0.15, 0.2) is 30.5 Å². The van der Waals surface area contributed by atoms with Crippen molar-refractivity contribution in [3.8, 4) is 0 Å². The number of aliphatic carboxylic acids is 1. The predicted octanol–water partition coefficient (Wildman–Crippen LogP) is 1.36. The number of carboxylic acid groups (broad SMARTS) is 1. The second-order valence-electron chi connectivity index (χ2n) is 7.55. The molecule has 0 saturated heterocycles. The summed E-state index contributed by atoms with van der Waals surface area (Å²) in [4.78, 5) is 51.1. The zero-order chi connectivity index (χ0) is 22.3. The van der Waals surface area contributed by atoms with Gasteiger partial charge in [0.2, 0.25) is 5.91 Å². The first-order valence-electron chi connectivity index (χ1n) is 9.73. The molecule has 0 aliphatic carbocycles. The Morgan fingerprint density at radius 1 is 1.20 bits per heavy atom. The number of H-pyrrole nitrogens is 1. The number of carbonyl (C=O) groups is 4. The zero-order valence-electron chi connectivity index (χ0n) is 17.0. The molecule has 0 bridgehead atoms. The average Bonchev–Trinajstić information content (AvgIpc) is 3.09. The number of ether oxygens (including phenoxy) is 1. The van der Waals surface area contributed by atoms with Crippen LogP contribution in [-0.2, 0) is 30.3 Å². The van der Waals surface area contributed by atoms with Crippen LogP contribution in [0.25, 0.3) is 10.9 Å². The highest BCUT2D eigenvalue weighted by Gasteiger charge is 2.30. The van der Waals surface area contributed by atoms with Crippen LogP contribution >= 0.6 is 0 Å². The van der Waals surface area contributed by atoms with Gasteiger partial charge in [-0.1, -0.05) is 32.0 Å². The van der Waals surface area contributed by atoms with Gasteiger partial charge in [-0.15, -0.1) is 0 Å². The molecule has 2 aromatic rings. The number of fused-ring (bicyclic) bond motifs is 1. The number of nitrogens with one attached hydrogen (secondary N) is 2. The molecule has 1 unspecified atom stereocenters. The summed E-state index contributed by atoms with van der Waals surface area (Å²) in [5.74, 6) is -4.27. The van der Waals surface area contributed by atoms with Gasteiger partial charge < -0.3 is 25.9 Å². The second kappa shape index (κ2) is 10.5. The van der Waals surface area contributed by atoms with Crippen LogP contribution < -0.4 is 11.1 Å². The van der Waals surface area contributed by atoms with E-state index in [-0.39, 0.29) is 18.8 Å². The summed E-state index contributed by atoms with van der Waals surface area (Å²) >= 11 is 0. The molecular weight excluding hydrogens is 390 g/mol. The predicted molar refractivity (Wildman–Crippen MR) is 109 cm³/mol. The first-order chi connectivity index (χ1) is 14.2. The number of amides is 1. The zero-order valence-corrected chi connectivity index (χ0v) is 17.0. The van der Waals surface area contributed by atoms with E-state index in [1.54, 1.807) is 6.20 Å². The number of carboxylic acids is 1. The van der Waals surface area contributed by atoms with E-state index in [0.29, 0.717) is 6.42 Å². The lowest BCUT2D eigenvalue weighted by Gasteiger charge is -2.21. The molecule has 1 aromatic heterocycles. The van der Waals surface area contributed by atoms with Gasteiger partial charge in [0.15, 0.2) is 0 Å². The van der Waals surface area contributed by atoms with Crippen molar-refractivity contribution in [3.05, 3.63) is 36.0 Å². The molecule has 1 heterocycles. The molecule has 0 spiro atoms. The Hall–Kier alpha value is -3.20. The fourth-order valence-electron chi connectivity index (χ4n) is 3.29.